The molecule has 2 aromatic carbocycles. The molecule has 0 saturated carbocycles. The number of carbonyl (C=O) groups is 2. The Hall–Kier alpha value is -2.82. The van der Waals surface area contributed by atoms with Crippen molar-refractivity contribution in [3.63, 3.8) is 0 Å². The van der Waals surface area contributed by atoms with Gasteiger partial charge in [-0.1, -0.05) is 50.6 Å². The van der Waals surface area contributed by atoms with Gasteiger partial charge in [-0.25, -0.2) is 0 Å². The number of benzene rings is 2. The second-order valence-corrected chi connectivity index (χ2v) is 6.99. The summed E-state index contributed by atoms with van der Waals surface area (Å²) in [7, 11) is 1.62. The summed E-state index contributed by atoms with van der Waals surface area (Å²) in [5, 5.41) is 3.00. The van der Waals surface area contributed by atoms with Crippen LogP contribution in [-0.2, 0) is 17.9 Å². The van der Waals surface area contributed by atoms with E-state index in [0.717, 1.165) is 23.3 Å². The number of hydrogen-bond acceptors (Lipinski definition) is 3. The highest BCUT2D eigenvalue weighted by molar-refractivity contribution is 6.01. The van der Waals surface area contributed by atoms with E-state index in [1.165, 1.54) is 0 Å². The van der Waals surface area contributed by atoms with Gasteiger partial charge in [0.1, 0.15) is 11.8 Å². The molecule has 0 aromatic heterocycles. The molecule has 0 aliphatic carbocycles. The Balaban J connectivity index is 1.73. The van der Waals surface area contributed by atoms with Crippen molar-refractivity contribution in [2.24, 2.45) is 5.92 Å². The van der Waals surface area contributed by atoms with E-state index in [-0.39, 0.29) is 17.7 Å². The maximum absolute atomic E-state index is 13.0. The molecule has 2 amide bonds. The fourth-order valence-corrected chi connectivity index (χ4v) is 3.47. The summed E-state index contributed by atoms with van der Waals surface area (Å²) in [6.45, 7) is 4.97. The third-order valence-corrected chi connectivity index (χ3v) is 5.26. The molecule has 5 heteroatoms. The summed E-state index contributed by atoms with van der Waals surface area (Å²) in [5.74, 6) is 0.680. The maximum atomic E-state index is 13.0. The number of carbonyl (C=O) groups excluding carboxylic acids is 2. The van der Waals surface area contributed by atoms with Gasteiger partial charge < -0.3 is 15.0 Å². The molecule has 0 saturated heterocycles. The summed E-state index contributed by atoms with van der Waals surface area (Å²) in [4.78, 5) is 27.5. The van der Waals surface area contributed by atoms with Gasteiger partial charge in [0.15, 0.2) is 0 Å². The zero-order valence-electron chi connectivity index (χ0n) is 16.1. The van der Waals surface area contributed by atoms with Crippen molar-refractivity contribution in [2.75, 3.05) is 7.11 Å². The van der Waals surface area contributed by atoms with E-state index in [1.807, 2.05) is 62.4 Å². The van der Waals surface area contributed by atoms with E-state index in [9.17, 15) is 9.59 Å². The molecule has 2 aromatic rings. The third-order valence-electron chi connectivity index (χ3n) is 5.26. The monoisotopic (exact) mass is 366 g/mol. The average Bonchev–Trinajstić information content (AvgIpc) is 3.03. The van der Waals surface area contributed by atoms with Crippen molar-refractivity contribution in [1.29, 1.82) is 0 Å². The quantitative estimate of drug-likeness (QED) is 0.817. The normalized spacial score (nSPS) is 15.2. The van der Waals surface area contributed by atoms with Gasteiger partial charge >= 0.3 is 0 Å². The molecule has 0 radical (unpaired) electrons. The van der Waals surface area contributed by atoms with Crippen molar-refractivity contribution >= 4 is 11.8 Å². The molecule has 1 aliphatic heterocycles. The molecule has 1 aliphatic rings. The summed E-state index contributed by atoms with van der Waals surface area (Å²) in [5.41, 5.74) is 2.68. The van der Waals surface area contributed by atoms with E-state index in [4.69, 9.17) is 4.74 Å². The molecule has 1 N–H and O–H groups in total. The SMILES string of the molecule is CC[C@H](C)[C@H](C(=O)NCc1ccc(OC)cc1)N1Cc2ccccc2C1=O. The van der Waals surface area contributed by atoms with E-state index < -0.39 is 6.04 Å². The van der Waals surface area contributed by atoms with Crippen LogP contribution >= 0.6 is 0 Å². The van der Waals surface area contributed by atoms with Crippen molar-refractivity contribution < 1.29 is 14.3 Å². The minimum atomic E-state index is -0.479. The lowest BCUT2D eigenvalue weighted by Gasteiger charge is -2.31. The maximum Gasteiger partial charge on any atom is 0.255 e. The topological polar surface area (TPSA) is 58.6 Å². The number of methoxy groups -OCH3 is 1. The van der Waals surface area contributed by atoms with Crippen molar-refractivity contribution in [1.82, 2.24) is 10.2 Å². The van der Waals surface area contributed by atoms with Gasteiger partial charge in [-0.15, -0.1) is 0 Å². The summed E-state index contributed by atoms with van der Waals surface area (Å²) in [6.07, 6.45) is 0.820. The Morgan fingerprint density at radius 1 is 1.19 bits per heavy atom. The minimum Gasteiger partial charge on any atom is -0.497 e. The van der Waals surface area contributed by atoms with Gasteiger partial charge in [-0.05, 0) is 35.2 Å². The minimum absolute atomic E-state index is 0.0597. The molecule has 27 heavy (non-hydrogen) atoms. The van der Waals surface area contributed by atoms with Gasteiger partial charge in [0, 0.05) is 18.7 Å². The highest BCUT2D eigenvalue weighted by Gasteiger charge is 2.38. The van der Waals surface area contributed by atoms with E-state index in [0.29, 0.717) is 18.7 Å². The first-order chi connectivity index (χ1) is 13.0. The second kappa shape index (κ2) is 8.25. The van der Waals surface area contributed by atoms with Crippen molar-refractivity contribution in [3.8, 4) is 5.75 Å². The zero-order chi connectivity index (χ0) is 19.4. The summed E-state index contributed by atoms with van der Waals surface area (Å²) >= 11 is 0. The highest BCUT2D eigenvalue weighted by atomic mass is 16.5. The predicted molar refractivity (Wildman–Crippen MR) is 104 cm³/mol. The third kappa shape index (κ3) is 3.97. The van der Waals surface area contributed by atoms with Crippen LogP contribution in [0, 0.1) is 5.92 Å². The zero-order valence-corrected chi connectivity index (χ0v) is 16.1. The molecule has 142 valence electrons. The van der Waals surface area contributed by atoms with Crippen LogP contribution in [0.15, 0.2) is 48.5 Å². The number of ether oxygens (including phenoxy) is 1. The second-order valence-electron chi connectivity index (χ2n) is 6.99. The Morgan fingerprint density at radius 3 is 2.52 bits per heavy atom. The van der Waals surface area contributed by atoms with Crippen LogP contribution in [0.1, 0.15) is 41.8 Å². The van der Waals surface area contributed by atoms with Crippen molar-refractivity contribution in [2.45, 2.75) is 39.4 Å². The fourth-order valence-electron chi connectivity index (χ4n) is 3.47. The van der Waals surface area contributed by atoms with E-state index in [2.05, 4.69) is 5.32 Å². The average molecular weight is 366 g/mol. The van der Waals surface area contributed by atoms with Crippen LogP contribution in [0.25, 0.3) is 0 Å². The summed E-state index contributed by atoms with van der Waals surface area (Å²) < 4.78 is 5.16. The van der Waals surface area contributed by atoms with Gasteiger partial charge in [0.25, 0.3) is 5.91 Å². The Bertz CT molecular complexity index is 817. The summed E-state index contributed by atoms with van der Waals surface area (Å²) in [6, 6.07) is 14.7. The molecule has 0 unspecified atom stereocenters. The first kappa shape index (κ1) is 19.0. The van der Waals surface area contributed by atoms with Crippen LogP contribution in [0.4, 0.5) is 0 Å². The van der Waals surface area contributed by atoms with Crippen LogP contribution in [0.3, 0.4) is 0 Å². The van der Waals surface area contributed by atoms with Gasteiger partial charge in [-0.2, -0.15) is 0 Å². The Labute approximate surface area is 160 Å². The van der Waals surface area contributed by atoms with Crippen LogP contribution < -0.4 is 10.1 Å². The molecule has 3 rings (SSSR count). The standard InChI is InChI=1S/C22H26N2O3/c1-4-15(2)20(24-14-17-7-5-6-8-19(17)22(24)26)21(25)23-13-16-9-11-18(27-3)12-10-16/h5-12,15,20H,4,13-14H2,1-3H3,(H,23,25)/t15-,20+/m0/s1. The first-order valence-electron chi connectivity index (χ1n) is 9.34. The first-order valence-corrected chi connectivity index (χ1v) is 9.34. The number of amides is 2. The van der Waals surface area contributed by atoms with Crippen LogP contribution in [-0.4, -0.2) is 29.9 Å². The fraction of sp³-hybridized carbons (Fsp3) is 0.364. The lowest BCUT2D eigenvalue weighted by atomic mass is 9.96. The van der Waals surface area contributed by atoms with Crippen LogP contribution in [0.5, 0.6) is 5.75 Å². The van der Waals surface area contributed by atoms with Gasteiger partial charge in [0.2, 0.25) is 5.91 Å². The molecular weight excluding hydrogens is 340 g/mol. The largest absolute Gasteiger partial charge is 0.497 e. The number of nitrogens with zero attached hydrogens (tertiary/aromatic N) is 1. The molecule has 0 fully saturated rings. The molecule has 1 heterocycles. The molecule has 0 spiro atoms. The van der Waals surface area contributed by atoms with Crippen molar-refractivity contribution in [3.05, 3.63) is 65.2 Å². The Morgan fingerprint density at radius 2 is 1.89 bits per heavy atom. The number of hydrogen-bond donors (Lipinski definition) is 1. The lowest BCUT2D eigenvalue weighted by Crippen LogP contribution is -2.50. The smallest absolute Gasteiger partial charge is 0.255 e. The van der Waals surface area contributed by atoms with E-state index in [1.54, 1.807) is 12.0 Å². The predicted octanol–water partition coefficient (Wildman–Crippen LogP) is 3.38. The number of nitrogens with one attached hydrogen (secondary N) is 1. The Kier molecular flexibility index (Phi) is 5.79. The van der Waals surface area contributed by atoms with Gasteiger partial charge in [-0.3, -0.25) is 9.59 Å². The molecule has 5 nitrogen and oxygen atoms in total. The van der Waals surface area contributed by atoms with E-state index >= 15 is 0 Å². The number of rotatable bonds is 7. The number of fused-ring (bicyclic) bond motifs is 1. The molecule has 0 bridgehead atoms. The highest BCUT2D eigenvalue weighted by Crippen LogP contribution is 2.28. The van der Waals surface area contributed by atoms with Gasteiger partial charge in [0.05, 0.1) is 7.11 Å². The van der Waals surface area contributed by atoms with Crippen LogP contribution in [0.2, 0.25) is 0 Å². The molecular formula is C22H26N2O3. The lowest BCUT2D eigenvalue weighted by molar-refractivity contribution is -0.127. The molecule has 2 atom stereocenters.